The second kappa shape index (κ2) is 9.51. The van der Waals surface area contributed by atoms with E-state index in [0.717, 1.165) is 11.3 Å². The molecule has 0 radical (unpaired) electrons. The number of halogens is 1. The van der Waals surface area contributed by atoms with Gasteiger partial charge in [-0.2, -0.15) is 10.1 Å². The molecule has 176 valence electrons. The molecule has 1 atom stereocenters. The number of hydrogen-bond donors (Lipinski definition) is 1. The van der Waals surface area contributed by atoms with Gasteiger partial charge in [0.15, 0.2) is 11.6 Å². The largest absolute Gasteiger partial charge is 0.492 e. The molecule has 33 heavy (non-hydrogen) atoms. The molecule has 0 aliphatic carbocycles. The summed E-state index contributed by atoms with van der Waals surface area (Å²) in [7, 11) is -1.72. The van der Waals surface area contributed by atoms with Crippen molar-refractivity contribution in [2.75, 3.05) is 26.5 Å². The van der Waals surface area contributed by atoms with Crippen LogP contribution in [0.15, 0.2) is 30.7 Å². The first-order valence-corrected chi connectivity index (χ1v) is 12.3. The molecule has 11 heteroatoms. The third kappa shape index (κ3) is 4.73. The quantitative estimate of drug-likeness (QED) is 0.241. The van der Waals surface area contributed by atoms with E-state index in [9.17, 15) is 8.96 Å². The van der Waals surface area contributed by atoms with E-state index in [1.807, 2.05) is 13.8 Å². The summed E-state index contributed by atoms with van der Waals surface area (Å²) in [4.78, 5) is 7.31. The minimum Gasteiger partial charge on any atom is -0.492 e. The predicted octanol–water partition coefficient (Wildman–Crippen LogP) is 5.40. The average molecular weight is 476 g/mol. The maximum Gasteiger partial charge on any atom is 0.330 e. The summed E-state index contributed by atoms with van der Waals surface area (Å²) in [6, 6.07) is 5.06. The average Bonchev–Trinajstić information content (AvgIpc) is 3.34. The molecule has 0 bridgehead atoms. The van der Waals surface area contributed by atoms with Gasteiger partial charge in [-0.15, -0.1) is 0 Å². The summed E-state index contributed by atoms with van der Waals surface area (Å²) in [5.41, 5.74) is 2.86. The van der Waals surface area contributed by atoms with Crippen LogP contribution in [-0.2, 0) is 13.6 Å². The lowest BCUT2D eigenvalue weighted by molar-refractivity contribution is 0.239. The van der Waals surface area contributed by atoms with E-state index in [1.165, 1.54) is 13.4 Å². The van der Waals surface area contributed by atoms with Gasteiger partial charge >= 0.3 is 7.60 Å². The molecule has 1 N–H and O–H groups in total. The standard InChI is InChI=1S/C22H26FN4O5P/c1-5-31-33(28,29-4)10-6-9-30-19-12-27-21(15(19)3)22(24-13-25-27)32-18-8-7-17-16(20(18)23)11-14(2)26-17/h7-8,11-13,26H,5-6,9-10H2,1-4H3. The molecule has 3 aromatic heterocycles. The van der Waals surface area contributed by atoms with E-state index in [2.05, 4.69) is 15.1 Å². The van der Waals surface area contributed by atoms with Crippen molar-refractivity contribution in [3.63, 3.8) is 0 Å². The van der Waals surface area contributed by atoms with Crippen LogP contribution >= 0.6 is 7.60 Å². The first-order valence-electron chi connectivity index (χ1n) is 10.6. The van der Waals surface area contributed by atoms with Gasteiger partial charge in [0.2, 0.25) is 5.88 Å². The Kier molecular flexibility index (Phi) is 6.69. The van der Waals surface area contributed by atoms with Gasteiger partial charge in [-0.05, 0) is 45.4 Å². The number of H-pyrrole nitrogens is 1. The number of fused-ring (bicyclic) bond motifs is 2. The molecule has 0 fully saturated rings. The smallest absolute Gasteiger partial charge is 0.330 e. The molecule has 9 nitrogen and oxygen atoms in total. The fourth-order valence-corrected chi connectivity index (χ4v) is 4.97. The number of nitrogens with zero attached hydrogens (tertiary/aromatic N) is 3. The maximum absolute atomic E-state index is 15.0. The number of ether oxygens (including phenoxy) is 2. The van der Waals surface area contributed by atoms with Crippen LogP contribution in [0.25, 0.3) is 16.4 Å². The zero-order valence-corrected chi connectivity index (χ0v) is 19.8. The van der Waals surface area contributed by atoms with E-state index in [1.54, 1.807) is 35.8 Å². The molecule has 0 aliphatic heterocycles. The highest BCUT2D eigenvalue weighted by atomic mass is 31.2. The fraction of sp³-hybridized carbons (Fsp3) is 0.364. The number of rotatable bonds is 10. The Labute approximate surface area is 190 Å². The van der Waals surface area contributed by atoms with Gasteiger partial charge < -0.3 is 23.5 Å². The lowest BCUT2D eigenvalue weighted by atomic mass is 10.2. The third-order valence-corrected chi connectivity index (χ3v) is 7.30. The summed E-state index contributed by atoms with van der Waals surface area (Å²) in [5.74, 6) is 0.381. The fourth-order valence-electron chi connectivity index (χ4n) is 3.64. The van der Waals surface area contributed by atoms with E-state index in [4.69, 9.17) is 18.5 Å². The highest BCUT2D eigenvalue weighted by Gasteiger charge is 2.22. The van der Waals surface area contributed by atoms with Crippen molar-refractivity contribution in [1.29, 1.82) is 0 Å². The van der Waals surface area contributed by atoms with Crippen molar-refractivity contribution in [3.8, 4) is 17.4 Å². The van der Waals surface area contributed by atoms with Crippen LogP contribution in [0.5, 0.6) is 17.4 Å². The topological polar surface area (TPSA) is 100.0 Å². The summed E-state index contributed by atoms with van der Waals surface area (Å²) >= 11 is 0. The minimum atomic E-state index is -3.09. The van der Waals surface area contributed by atoms with Crippen LogP contribution in [0.1, 0.15) is 24.6 Å². The van der Waals surface area contributed by atoms with Crippen LogP contribution in [0.2, 0.25) is 0 Å². The number of aromatic amines is 1. The Balaban J connectivity index is 1.53. The molecule has 4 rings (SSSR count). The van der Waals surface area contributed by atoms with Crippen LogP contribution in [0.4, 0.5) is 4.39 Å². The van der Waals surface area contributed by atoms with Gasteiger partial charge in [0.1, 0.15) is 17.6 Å². The first kappa shape index (κ1) is 23.2. The molecular formula is C22H26FN4O5P. The highest BCUT2D eigenvalue weighted by Crippen LogP contribution is 2.47. The predicted molar refractivity (Wildman–Crippen MR) is 122 cm³/mol. The third-order valence-electron chi connectivity index (χ3n) is 5.23. The number of aromatic nitrogens is 4. The zero-order valence-electron chi connectivity index (χ0n) is 18.9. The number of nitrogens with one attached hydrogen (secondary N) is 1. The number of hydrogen-bond acceptors (Lipinski definition) is 7. The lowest BCUT2D eigenvalue weighted by Gasteiger charge is -2.15. The molecule has 0 amide bonds. The molecule has 0 spiro atoms. The van der Waals surface area contributed by atoms with Gasteiger partial charge in [-0.1, -0.05) is 0 Å². The van der Waals surface area contributed by atoms with Crippen molar-refractivity contribution in [2.45, 2.75) is 27.2 Å². The second-order valence-electron chi connectivity index (χ2n) is 7.51. The Morgan fingerprint density at radius 1 is 1.24 bits per heavy atom. The van der Waals surface area contributed by atoms with Crippen LogP contribution < -0.4 is 9.47 Å². The SMILES string of the molecule is CCOP(=O)(CCCOc1cn2ncnc(Oc3ccc4[nH]c(C)cc4c3F)c2c1C)OC. The molecule has 1 unspecified atom stereocenters. The van der Waals surface area contributed by atoms with E-state index < -0.39 is 13.4 Å². The van der Waals surface area contributed by atoms with Gasteiger partial charge in [-0.3, -0.25) is 4.57 Å². The van der Waals surface area contributed by atoms with E-state index >= 15 is 0 Å². The Morgan fingerprint density at radius 2 is 2.06 bits per heavy atom. The second-order valence-corrected chi connectivity index (χ2v) is 9.80. The summed E-state index contributed by atoms with van der Waals surface area (Å²) in [6.45, 7) is 6.09. The number of benzene rings is 1. The van der Waals surface area contributed by atoms with Crippen molar-refractivity contribution < 1.29 is 27.5 Å². The normalized spacial score (nSPS) is 13.5. The van der Waals surface area contributed by atoms with Gasteiger partial charge in [-0.25, -0.2) is 8.91 Å². The van der Waals surface area contributed by atoms with E-state index in [0.29, 0.717) is 41.8 Å². The highest BCUT2D eigenvalue weighted by molar-refractivity contribution is 7.53. The van der Waals surface area contributed by atoms with Crippen molar-refractivity contribution in [3.05, 3.63) is 47.8 Å². The Morgan fingerprint density at radius 3 is 2.82 bits per heavy atom. The molecule has 1 aromatic carbocycles. The van der Waals surface area contributed by atoms with Crippen molar-refractivity contribution in [2.24, 2.45) is 0 Å². The molecule has 0 saturated carbocycles. The molecule has 0 saturated heterocycles. The van der Waals surface area contributed by atoms with Crippen LogP contribution in [0, 0.1) is 19.7 Å². The van der Waals surface area contributed by atoms with Crippen molar-refractivity contribution in [1.82, 2.24) is 19.6 Å². The van der Waals surface area contributed by atoms with E-state index in [-0.39, 0.29) is 17.8 Å². The molecule has 4 aromatic rings. The summed E-state index contributed by atoms with van der Waals surface area (Å²) in [5, 5.41) is 4.66. The summed E-state index contributed by atoms with van der Waals surface area (Å²) in [6.07, 6.45) is 3.76. The minimum absolute atomic E-state index is 0.0661. The van der Waals surface area contributed by atoms with Gasteiger partial charge in [0.05, 0.1) is 25.6 Å². The molecular weight excluding hydrogens is 450 g/mol. The zero-order chi connectivity index (χ0) is 23.6. The lowest BCUT2D eigenvalue weighted by Crippen LogP contribution is -2.04. The Hall–Kier alpha value is -2.94. The van der Waals surface area contributed by atoms with Crippen LogP contribution in [-0.4, -0.2) is 46.1 Å². The summed E-state index contributed by atoms with van der Waals surface area (Å²) < 4.78 is 50.9. The van der Waals surface area contributed by atoms with Crippen LogP contribution in [0.3, 0.4) is 0 Å². The number of aryl methyl sites for hydroxylation is 2. The van der Waals surface area contributed by atoms with Gasteiger partial charge in [0.25, 0.3) is 0 Å². The maximum atomic E-state index is 15.0. The first-order chi connectivity index (χ1) is 15.8. The van der Waals surface area contributed by atoms with Crippen molar-refractivity contribution >= 4 is 24.0 Å². The monoisotopic (exact) mass is 476 g/mol. The molecule has 0 aliphatic rings. The Bertz CT molecular complexity index is 1340. The molecule has 3 heterocycles. The van der Waals surface area contributed by atoms with Gasteiger partial charge in [0, 0.05) is 29.3 Å².